The van der Waals surface area contributed by atoms with Crippen LogP contribution in [-0.4, -0.2) is 251 Å². The van der Waals surface area contributed by atoms with Gasteiger partial charge in [0, 0.05) is 26.3 Å². The number of nitrogens with two attached hydrogens (primary N) is 1. The number of carboxylic acid groups (broad SMARTS) is 1. The monoisotopic (exact) mass is 1720 g/mol. The number of amides is 19. The molecule has 21 N–H and O–H groups in total. The van der Waals surface area contributed by atoms with Gasteiger partial charge in [-0.25, -0.2) is 0 Å². The number of carbonyl (C=O) groups is 20. The molecule has 0 aliphatic carbocycles. The molecule has 1 rings (SSSR count). The molecule has 0 aromatic heterocycles. The Kier molecular flexibility index (Phi) is 39.2. The Morgan fingerprint density at radius 2 is 0.769 bits per heavy atom. The zero-order valence-corrected chi connectivity index (χ0v) is 75.8. The van der Waals surface area contributed by atoms with Gasteiger partial charge in [0.15, 0.2) is 0 Å². The van der Waals surface area contributed by atoms with Gasteiger partial charge in [-0.05, 0) is 201 Å². The van der Waals surface area contributed by atoms with Crippen LogP contribution in [0.15, 0.2) is 0 Å². The first-order valence-electron chi connectivity index (χ1n) is 40.5. The second kappa shape index (κ2) is 43.7. The Labute approximate surface area is 709 Å². The van der Waals surface area contributed by atoms with E-state index in [1.165, 1.54) is 150 Å². The van der Waals surface area contributed by atoms with Gasteiger partial charge < -0.3 is 111 Å². The summed E-state index contributed by atoms with van der Waals surface area (Å²) >= 11 is 0. The number of rotatable bonds is 47. The van der Waals surface area contributed by atoms with Gasteiger partial charge in [0.25, 0.3) is 0 Å². The van der Waals surface area contributed by atoms with E-state index in [2.05, 4.69) is 90.4 Å². The maximum atomic E-state index is 14.5. The molecule has 0 aromatic rings. The molecule has 1 heterocycles. The van der Waals surface area contributed by atoms with Gasteiger partial charge in [-0.1, -0.05) is 48.5 Å². The number of carbonyl (C=O) groups excluding carboxylic acids is 19. The summed E-state index contributed by atoms with van der Waals surface area (Å²) in [4.78, 5) is 272. The van der Waals surface area contributed by atoms with Gasteiger partial charge in [-0.2, -0.15) is 0 Å². The molecule has 121 heavy (non-hydrogen) atoms. The summed E-state index contributed by atoms with van der Waals surface area (Å²) in [5.41, 5.74) is -12.1. The van der Waals surface area contributed by atoms with Crippen molar-refractivity contribution in [1.29, 1.82) is 0 Å². The third-order valence-corrected chi connectivity index (χ3v) is 20.2. The van der Waals surface area contributed by atoms with Crippen molar-refractivity contribution in [3.63, 3.8) is 0 Å². The lowest BCUT2D eigenvalue weighted by atomic mass is 9.93. The maximum absolute atomic E-state index is 14.5. The maximum Gasteiger partial charge on any atom is 0.303 e. The minimum Gasteiger partial charge on any atom is -0.481 e. The zero-order chi connectivity index (χ0) is 94.4. The lowest BCUT2D eigenvalue weighted by Gasteiger charge is -2.37. The van der Waals surface area contributed by atoms with E-state index in [1.54, 1.807) is 48.5 Å². The predicted molar refractivity (Wildman–Crippen MR) is 444 cm³/mol. The number of hydrogen-bond acceptors (Lipinski definition) is 21. The highest BCUT2D eigenvalue weighted by molar-refractivity contribution is 6.04. The Hall–Kier alpha value is -10.6. The van der Waals surface area contributed by atoms with Crippen molar-refractivity contribution in [3.8, 4) is 0 Å². The number of likely N-dealkylation sites (tertiary alicyclic amines) is 1. The van der Waals surface area contributed by atoms with Gasteiger partial charge in [0.05, 0.1) is 19.2 Å². The quantitative estimate of drug-likeness (QED) is 0.0294. The molecule has 41 heteroatoms. The minimum absolute atomic E-state index is 0.0277. The summed E-state index contributed by atoms with van der Waals surface area (Å²) in [6.45, 7) is 38.9. The van der Waals surface area contributed by atoms with Crippen LogP contribution in [0.4, 0.5) is 0 Å². The first-order chi connectivity index (χ1) is 54.8. The Morgan fingerprint density at radius 1 is 0.405 bits per heavy atom. The summed E-state index contributed by atoms with van der Waals surface area (Å²) in [6, 6.07) is -8.83. The number of nitrogens with zero attached hydrogens (tertiary/aromatic N) is 1. The number of aliphatic hydroxyl groups is 1. The lowest BCUT2D eigenvalue weighted by Crippen LogP contribution is -2.68. The largest absolute Gasteiger partial charge is 0.481 e. The normalized spacial score (nSPS) is 15.6. The number of aliphatic carboxylic acids is 1. The van der Waals surface area contributed by atoms with Crippen molar-refractivity contribution in [3.05, 3.63) is 0 Å². The fourth-order valence-electron chi connectivity index (χ4n) is 11.9. The third-order valence-electron chi connectivity index (χ3n) is 20.2. The van der Waals surface area contributed by atoms with Gasteiger partial charge in [0.2, 0.25) is 112 Å². The van der Waals surface area contributed by atoms with E-state index in [0.29, 0.717) is 6.42 Å². The number of primary amides is 1. The van der Waals surface area contributed by atoms with Crippen LogP contribution in [0.3, 0.4) is 0 Å². The third kappa shape index (κ3) is 33.7. The van der Waals surface area contributed by atoms with Crippen molar-refractivity contribution in [2.45, 2.75) is 349 Å². The van der Waals surface area contributed by atoms with Crippen LogP contribution in [0, 0.1) is 17.8 Å². The second-order valence-corrected chi connectivity index (χ2v) is 37.2. The molecule has 1 fully saturated rings. The molecule has 1 unspecified atom stereocenters. The van der Waals surface area contributed by atoms with Crippen LogP contribution in [0.5, 0.6) is 0 Å². The fourth-order valence-corrected chi connectivity index (χ4v) is 11.9. The van der Waals surface area contributed by atoms with Gasteiger partial charge in [-0.3, -0.25) is 95.9 Å². The van der Waals surface area contributed by atoms with Crippen molar-refractivity contribution in [1.82, 2.24) is 95.3 Å². The van der Waals surface area contributed by atoms with E-state index in [1.807, 2.05) is 0 Å². The molecule has 1 saturated heterocycles. The molecular weight excluding hydrogens is 1580 g/mol. The minimum atomic E-state index is -1.91. The van der Waals surface area contributed by atoms with E-state index in [-0.39, 0.29) is 56.4 Å². The summed E-state index contributed by atoms with van der Waals surface area (Å²) < 4.78 is 0. The van der Waals surface area contributed by atoms with Crippen LogP contribution in [0.2, 0.25) is 0 Å². The number of carboxylic acids is 1. The van der Waals surface area contributed by atoms with E-state index in [4.69, 9.17) is 5.73 Å². The van der Waals surface area contributed by atoms with Crippen LogP contribution < -0.4 is 96.1 Å². The summed E-state index contributed by atoms with van der Waals surface area (Å²) in [6.07, 6.45) is -1.18. The van der Waals surface area contributed by atoms with Crippen LogP contribution in [0.25, 0.3) is 0 Å². The molecule has 0 bridgehead atoms. The molecular formula is C80H139N19O22. The highest BCUT2D eigenvalue weighted by Gasteiger charge is 2.49. The summed E-state index contributed by atoms with van der Waals surface area (Å²) in [5.74, 6) is -17.7. The zero-order valence-electron chi connectivity index (χ0n) is 75.8. The standard InChI is InChI=1S/C80H139N19O22/c1-29-80(28,69(120)87-46(33-35-54(104)105)56(107)85-50(40-100)43(6)7)98-68(119)77(22,23)94-58(109)48(37-41(2)3)84-60(111)51-31-30-36-99(51)70(121)79(26,27)97-66(117)75(18,19)91-55(106)44(8)83-62(113)74(16,17)95-67(118)78(24,25)96-65(116)76(20,21)92-57(108)47(32-34-52(81)102)86-64(115)73(14,15)93-59(110)49(38-42(4)5)88-63(114)72(12,13)90-53(103)39-82-61(112)71(10,11)89-45(9)101/h41-44,46-51,100H,29-40H2,1-28H3,(H2,81,102)(H,82,112)(H,83,113)(H,84,111)(H,85,107)(H,86,115)(H,87,120)(H,88,114)(H,89,101)(H,90,103)(H,91,106)(H,92,108)(H,93,110)(H,94,109)(H,95,118)(H,96,116)(H,97,117)(H,98,119)(H,104,105)/t44-,46-,47-,48-,49-,50?,51-,80+/m0/s1. The topological polar surface area (TPSA) is 616 Å². The van der Waals surface area contributed by atoms with Crippen LogP contribution in [-0.2, 0) is 95.9 Å². The van der Waals surface area contributed by atoms with E-state index in [0.717, 1.165) is 0 Å². The molecule has 41 nitrogen and oxygen atoms in total. The van der Waals surface area contributed by atoms with Crippen molar-refractivity contribution >= 4 is 118 Å². The van der Waals surface area contributed by atoms with Crippen LogP contribution in [0.1, 0.15) is 252 Å². The number of nitrogens with one attached hydrogen (secondary N) is 17. The SMILES string of the molecule is CC[C@@](C)(NC(=O)C(C)(C)NC(=O)[C@H](CC(C)C)NC(=O)[C@@H]1CCCN1C(=O)C(C)(C)NC(=O)C(C)(C)NC(=O)[C@H](C)NC(=O)C(C)(C)NC(=O)C(C)(C)NC(=O)C(C)(C)NC(=O)[C@H](CCC(N)=O)NC(=O)C(C)(C)NC(=O)[C@H](CC(C)C)NC(=O)C(C)(C)NC(=O)CNC(=O)C(C)(C)NC(C)=O)C(=O)N[C@@H](CCC(=O)O)C(=O)NC(CO)C(C)C. The Morgan fingerprint density at radius 3 is 1.20 bits per heavy atom. The van der Waals surface area contributed by atoms with Crippen molar-refractivity contribution in [2.24, 2.45) is 23.5 Å². The van der Waals surface area contributed by atoms with E-state index in [9.17, 15) is 106 Å². The average Bonchev–Trinajstić information content (AvgIpc) is 1.76. The first-order valence-corrected chi connectivity index (χ1v) is 40.5. The van der Waals surface area contributed by atoms with Gasteiger partial charge >= 0.3 is 5.97 Å². The molecule has 1 aliphatic heterocycles. The fraction of sp³-hybridized carbons (Fsp3) is 0.750. The molecule has 0 saturated carbocycles. The van der Waals surface area contributed by atoms with Crippen LogP contribution >= 0.6 is 0 Å². The number of hydrogen-bond donors (Lipinski definition) is 20. The Balaban J connectivity index is 3.20. The molecule has 0 spiro atoms. The summed E-state index contributed by atoms with van der Waals surface area (Å²) in [5, 5.41) is 62.6. The average molecular weight is 1720 g/mol. The molecule has 686 valence electrons. The first kappa shape index (κ1) is 108. The summed E-state index contributed by atoms with van der Waals surface area (Å²) in [7, 11) is 0. The highest BCUT2D eigenvalue weighted by Crippen LogP contribution is 2.25. The molecule has 0 aromatic carbocycles. The Bertz CT molecular complexity index is 3860. The predicted octanol–water partition coefficient (Wildman–Crippen LogP) is -2.75. The second-order valence-electron chi connectivity index (χ2n) is 37.2. The smallest absolute Gasteiger partial charge is 0.303 e. The molecule has 1 aliphatic rings. The van der Waals surface area contributed by atoms with Crippen molar-refractivity contribution in [2.75, 3.05) is 19.7 Å². The lowest BCUT2D eigenvalue weighted by molar-refractivity contribution is -0.146. The number of aliphatic hydroxyl groups excluding tert-OH is 1. The van der Waals surface area contributed by atoms with Gasteiger partial charge in [0.1, 0.15) is 91.6 Å². The molecule has 19 amide bonds. The molecule has 8 atom stereocenters. The van der Waals surface area contributed by atoms with E-state index < -0.39 is 248 Å². The highest BCUT2D eigenvalue weighted by atomic mass is 16.4. The molecule has 0 radical (unpaired) electrons. The van der Waals surface area contributed by atoms with Gasteiger partial charge in [-0.15, -0.1) is 0 Å². The van der Waals surface area contributed by atoms with Crippen molar-refractivity contribution < 1.29 is 106 Å². The van der Waals surface area contributed by atoms with E-state index >= 15 is 0 Å².